The molecule has 0 fully saturated rings. The van der Waals surface area contributed by atoms with E-state index in [0.29, 0.717) is 0 Å². The number of fused-ring (bicyclic) bond motifs is 9. The van der Waals surface area contributed by atoms with Gasteiger partial charge < -0.3 is 9.80 Å². The van der Waals surface area contributed by atoms with Crippen LogP contribution >= 0.6 is 0 Å². The van der Waals surface area contributed by atoms with Gasteiger partial charge in [-0.1, -0.05) is 213 Å². The highest BCUT2D eigenvalue weighted by molar-refractivity contribution is 7.00. The number of nitrogens with zero attached hydrogens (tertiary/aromatic N) is 2. The quantitative estimate of drug-likeness (QED) is 0.162. The summed E-state index contributed by atoms with van der Waals surface area (Å²) in [6.07, 6.45) is 0. The minimum absolute atomic E-state index is 0.0302. The first-order chi connectivity index (χ1) is 33.8. The van der Waals surface area contributed by atoms with E-state index in [0.717, 1.165) is 5.69 Å². The predicted molar refractivity (Wildman–Crippen MR) is 301 cm³/mol. The Bertz CT molecular complexity index is 3780. The molecule has 0 unspecified atom stereocenters. The molecule has 0 spiro atoms. The molecule has 0 amide bonds. The van der Waals surface area contributed by atoms with Gasteiger partial charge in [0.2, 0.25) is 0 Å². The van der Waals surface area contributed by atoms with Gasteiger partial charge in [-0.25, -0.2) is 0 Å². The first-order valence-electron chi connectivity index (χ1n) is 25.1. The molecule has 10 aromatic rings. The van der Waals surface area contributed by atoms with Crippen molar-refractivity contribution in [3.63, 3.8) is 0 Å². The lowest BCUT2D eigenvalue weighted by Gasteiger charge is -2.46. The van der Waals surface area contributed by atoms with Gasteiger partial charge in [-0.3, -0.25) is 0 Å². The molecule has 0 radical (unpaired) electrons. The molecule has 10 aromatic carbocycles. The van der Waals surface area contributed by atoms with Crippen LogP contribution in [0.3, 0.4) is 0 Å². The molecule has 0 atom stereocenters. The third kappa shape index (κ3) is 6.33. The van der Waals surface area contributed by atoms with E-state index < -0.39 is 0 Å². The average molecular weight is 901 g/mol. The summed E-state index contributed by atoms with van der Waals surface area (Å²) in [5, 5.41) is 5.04. The fourth-order valence-corrected chi connectivity index (χ4v) is 12.4. The molecule has 2 aliphatic heterocycles. The van der Waals surface area contributed by atoms with Crippen molar-refractivity contribution in [2.75, 3.05) is 9.80 Å². The predicted octanol–water partition coefficient (Wildman–Crippen LogP) is 16.3. The lowest BCUT2D eigenvalue weighted by atomic mass is 9.33. The molecule has 0 saturated carbocycles. The van der Waals surface area contributed by atoms with Crippen LogP contribution in [0.5, 0.6) is 0 Å². The Labute approximate surface area is 414 Å². The Morgan fingerprint density at radius 2 is 0.929 bits per heavy atom. The van der Waals surface area contributed by atoms with E-state index in [2.05, 4.69) is 265 Å². The largest absolute Gasteiger partial charge is 0.311 e. The van der Waals surface area contributed by atoms with Crippen molar-refractivity contribution in [3.05, 3.63) is 222 Å². The molecule has 338 valence electrons. The average Bonchev–Trinajstić information content (AvgIpc) is 3.61. The Morgan fingerprint density at radius 3 is 1.61 bits per heavy atom. The summed E-state index contributed by atoms with van der Waals surface area (Å²) in [5.74, 6) is 0. The van der Waals surface area contributed by atoms with Gasteiger partial charge in [0.1, 0.15) is 0 Å². The number of hydrogen-bond acceptors (Lipinski definition) is 2. The highest BCUT2D eigenvalue weighted by Gasteiger charge is 2.47. The van der Waals surface area contributed by atoms with Gasteiger partial charge in [-0.05, 0) is 147 Å². The Balaban J connectivity index is 1.12. The molecule has 0 N–H and O–H groups in total. The minimum atomic E-state index is -0.222. The maximum absolute atomic E-state index is 2.68. The van der Waals surface area contributed by atoms with Crippen LogP contribution in [-0.4, -0.2) is 6.71 Å². The van der Waals surface area contributed by atoms with Crippen LogP contribution in [0, 0.1) is 0 Å². The molecular weight excluding hydrogens is 844 g/mol. The normalized spacial score (nSPS) is 14.3. The van der Waals surface area contributed by atoms with E-state index in [1.807, 2.05) is 0 Å². The van der Waals surface area contributed by atoms with Crippen molar-refractivity contribution in [2.24, 2.45) is 0 Å². The van der Waals surface area contributed by atoms with Gasteiger partial charge in [0, 0.05) is 33.9 Å². The van der Waals surface area contributed by atoms with E-state index in [9.17, 15) is 0 Å². The van der Waals surface area contributed by atoms with Crippen molar-refractivity contribution in [3.8, 4) is 33.4 Å². The smallest absolute Gasteiger partial charge is 0.252 e. The van der Waals surface area contributed by atoms with E-state index in [1.54, 1.807) is 0 Å². The number of rotatable bonds is 4. The molecule has 0 bridgehead atoms. The maximum Gasteiger partial charge on any atom is 0.252 e. The molecule has 1 aliphatic carbocycles. The summed E-state index contributed by atoms with van der Waals surface area (Å²) in [7, 11) is 0. The zero-order valence-electron chi connectivity index (χ0n) is 41.5. The Kier molecular flexibility index (Phi) is 9.22. The molecule has 2 heterocycles. The summed E-state index contributed by atoms with van der Waals surface area (Å²) < 4.78 is 0. The second-order valence-corrected chi connectivity index (χ2v) is 22.5. The third-order valence-corrected chi connectivity index (χ3v) is 15.9. The first kappa shape index (κ1) is 42.5. The van der Waals surface area contributed by atoms with Crippen LogP contribution in [0.2, 0.25) is 0 Å². The highest BCUT2D eigenvalue weighted by Crippen LogP contribution is 2.56. The summed E-state index contributed by atoms with van der Waals surface area (Å²) in [6, 6.07) is 76.2. The molecule has 3 heteroatoms. The van der Waals surface area contributed by atoms with Gasteiger partial charge in [0.05, 0.1) is 5.69 Å². The van der Waals surface area contributed by atoms with Crippen molar-refractivity contribution >= 4 is 78.8 Å². The van der Waals surface area contributed by atoms with E-state index in [-0.39, 0.29) is 23.0 Å². The molecule has 70 heavy (non-hydrogen) atoms. The molecule has 0 saturated heterocycles. The summed E-state index contributed by atoms with van der Waals surface area (Å²) in [5.41, 5.74) is 23.9. The van der Waals surface area contributed by atoms with E-state index >= 15 is 0 Å². The van der Waals surface area contributed by atoms with Gasteiger partial charge in [-0.15, -0.1) is 0 Å². The van der Waals surface area contributed by atoms with Crippen molar-refractivity contribution < 1.29 is 0 Å². The maximum atomic E-state index is 2.68. The SMILES string of the molecule is CC(C)(C)c1ccc2c(c1)N(c1cccc3c1C(C)(C)c1ccccc1-3)c1cc(C(C)(C)C)cc3c1B2c1cc(-c2cccc4ccccc24)ccc1N3c1ccc(-c2cccc3ccccc23)cc1. The van der Waals surface area contributed by atoms with Crippen LogP contribution in [0.1, 0.15) is 77.6 Å². The fourth-order valence-electron chi connectivity index (χ4n) is 12.4. The topological polar surface area (TPSA) is 6.48 Å². The molecular formula is C67H57BN2. The zero-order valence-corrected chi connectivity index (χ0v) is 41.5. The van der Waals surface area contributed by atoms with Crippen LogP contribution in [0.15, 0.2) is 200 Å². The van der Waals surface area contributed by atoms with Gasteiger partial charge >= 0.3 is 0 Å². The lowest BCUT2D eigenvalue weighted by molar-refractivity contribution is 0.590. The van der Waals surface area contributed by atoms with E-state index in [1.165, 1.54) is 122 Å². The van der Waals surface area contributed by atoms with Gasteiger partial charge in [0.15, 0.2) is 0 Å². The summed E-state index contributed by atoms with van der Waals surface area (Å²) >= 11 is 0. The van der Waals surface area contributed by atoms with Crippen molar-refractivity contribution in [2.45, 2.75) is 71.6 Å². The first-order valence-corrected chi connectivity index (χ1v) is 25.1. The lowest BCUT2D eigenvalue weighted by Crippen LogP contribution is -2.61. The Hall–Kier alpha value is -7.62. The number of hydrogen-bond donors (Lipinski definition) is 0. The molecule has 0 aromatic heterocycles. The number of anilines is 6. The van der Waals surface area contributed by atoms with Crippen molar-refractivity contribution in [1.29, 1.82) is 0 Å². The van der Waals surface area contributed by atoms with Gasteiger partial charge in [0.25, 0.3) is 6.71 Å². The van der Waals surface area contributed by atoms with Crippen molar-refractivity contribution in [1.82, 2.24) is 0 Å². The second-order valence-electron chi connectivity index (χ2n) is 22.5. The standard InChI is InChI=1S/C67H57BN2/c1-65(2,3)46-33-36-56-60(39-46)70(59-29-17-27-54-53-24-13-14-28-55(53)67(7,8)63(54)59)62-41-47(66(4,5)6)40-61-64(62)68(56)57-38-45(52-26-16-21-43-19-10-12-23-50(43)52)32-37-58(57)69(61)48-34-30-44(31-35-48)51-25-15-20-42-18-9-11-22-49(42)51/h9-41H,1-8H3. The molecule has 3 aliphatic rings. The summed E-state index contributed by atoms with van der Waals surface area (Å²) in [4.78, 5) is 5.27. The monoisotopic (exact) mass is 900 g/mol. The molecule has 2 nitrogen and oxygen atoms in total. The Morgan fingerprint density at radius 1 is 0.386 bits per heavy atom. The van der Waals surface area contributed by atoms with E-state index in [4.69, 9.17) is 0 Å². The van der Waals surface area contributed by atoms with Crippen LogP contribution in [0.25, 0.3) is 54.9 Å². The fraction of sp³-hybridized carbons (Fsp3) is 0.164. The van der Waals surface area contributed by atoms with Crippen LogP contribution in [0.4, 0.5) is 34.1 Å². The highest BCUT2D eigenvalue weighted by atomic mass is 15.2. The number of benzene rings is 10. The third-order valence-electron chi connectivity index (χ3n) is 15.9. The zero-order chi connectivity index (χ0) is 47.8. The summed E-state index contributed by atoms with van der Waals surface area (Å²) in [6.45, 7) is 19.0. The van der Waals surface area contributed by atoms with Gasteiger partial charge in [-0.2, -0.15) is 0 Å². The minimum Gasteiger partial charge on any atom is -0.311 e. The van der Waals surface area contributed by atoms with Crippen LogP contribution < -0.4 is 26.2 Å². The molecule has 13 rings (SSSR count). The second kappa shape index (κ2) is 15.2. The van der Waals surface area contributed by atoms with Crippen LogP contribution in [-0.2, 0) is 16.2 Å².